The van der Waals surface area contributed by atoms with Crippen LogP contribution in [-0.4, -0.2) is 41.7 Å². The maximum atomic E-state index is 12.5. The average molecular weight is 328 g/mol. The number of carbonyl (C=O) groups excluding carboxylic acids is 1. The molecule has 21 heavy (non-hydrogen) atoms. The Kier molecular flexibility index (Phi) is 4.00. The molecule has 0 bridgehead atoms. The summed E-state index contributed by atoms with van der Waals surface area (Å²) in [4.78, 5) is 15.5. The minimum absolute atomic E-state index is 0.0382. The van der Waals surface area contributed by atoms with Gasteiger partial charge in [-0.2, -0.15) is 4.31 Å². The van der Waals surface area contributed by atoms with Crippen molar-refractivity contribution in [2.75, 3.05) is 13.1 Å². The van der Waals surface area contributed by atoms with Crippen molar-refractivity contribution in [2.24, 2.45) is 16.9 Å². The Morgan fingerprint density at radius 2 is 2.10 bits per heavy atom. The molecule has 1 unspecified atom stereocenters. The number of aromatic nitrogens is 1. The Labute approximate surface area is 128 Å². The summed E-state index contributed by atoms with van der Waals surface area (Å²) in [6.45, 7) is 1.99. The van der Waals surface area contributed by atoms with Crippen LogP contribution in [-0.2, 0) is 14.8 Å². The van der Waals surface area contributed by atoms with Gasteiger partial charge in [0.1, 0.15) is 9.88 Å². The van der Waals surface area contributed by atoms with E-state index >= 15 is 0 Å². The molecule has 2 rings (SSSR count). The lowest BCUT2D eigenvalue weighted by Crippen LogP contribution is -2.38. The van der Waals surface area contributed by atoms with Gasteiger partial charge < -0.3 is 11.5 Å². The van der Waals surface area contributed by atoms with E-state index in [-0.39, 0.29) is 23.0 Å². The third-order valence-corrected chi connectivity index (χ3v) is 5.70. The molecule has 0 saturated carbocycles. The number of primary amides is 1. The van der Waals surface area contributed by atoms with E-state index in [0.717, 1.165) is 0 Å². The molecule has 0 aliphatic carbocycles. The molecule has 0 spiro atoms. The molecule has 1 aromatic heterocycles. The van der Waals surface area contributed by atoms with Gasteiger partial charge in [0.2, 0.25) is 15.9 Å². The maximum Gasteiger partial charge on any atom is 0.244 e. The number of carbonyl (C=O) groups is 1. The van der Waals surface area contributed by atoms with Crippen LogP contribution in [0.15, 0.2) is 23.2 Å². The fourth-order valence-electron chi connectivity index (χ4n) is 2.15. The molecule has 0 radical (unpaired) electrons. The van der Waals surface area contributed by atoms with Crippen LogP contribution in [0.1, 0.15) is 19.0 Å². The first-order chi connectivity index (χ1) is 9.67. The van der Waals surface area contributed by atoms with Crippen LogP contribution in [0.3, 0.4) is 0 Å². The molecule has 1 aliphatic rings. The normalized spacial score (nSPS) is 23.1. The highest BCUT2D eigenvalue weighted by atomic mass is 32.2. The fourth-order valence-corrected chi connectivity index (χ4v) is 3.78. The molecular formula is C12H16N4O3S2. The van der Waals surface area contributed by atoms with Crippen molar-refractivity contribution in [1.82, 2.24) is 9.29 Å². The Balaban J connectivity index is 2.27. The van der Waals surface area contributed by atoms with Crippen molar-refractivity contribution in [3.05, 3.63) is 24.0 Å². The summed E-state index contributed by atoms with van der Waals surface area (Å²) in [7, 11) is -3.71. The smallest absolute Gasteiger partial charge is 0.244 e. The van der Waals surface area contributed by atoms with Crippen LogP contribution in [0.2, 0.25) is 0 Å². The number of nitrogens with zero attached hydrogens (tertiary/aromatic N) is 2. The Morgan fingerprint density at radius 3 is 2.52 bits per heavy atom. The molecular weight excluding hydrogens is 312 g/mol. The predicted molar refractivity (Wildman–Crippen MR) is 80.8 cm³/mol. The van der Waals surface area contributed by atoms with Gasteiger partial charge in [-0.05, 0) is 25.5 Å². The average Bonchev–Trinajstić information content (AvgIpc) is 2.84. The molecule has 114 valence electrons. The van der Waals surface area contributed by atoms with Gasteiger partial charge in [-0.1, -0.05) is 12.2 Å². The Hall–Kier alpha value is -1.58. The molecule has 1 amide bonds. The molecule has 4 N–H and O–H groups in total. The van der Waals surface area contributed by atoms with Crippen molar-refractivity contribution >= 4 is 33.1 Å². The fraction of sp³-hybridized carbons (Fsp3) is 0.417. The summed E-state index contributed by atoms with van der Waals surface area (Å²) < 4.78 is 26.2. The van der Waals surface area contributed by atoms with Crippen LogP contribution in [0.25, 0.3) is 0 Å². The van der Waals surface area contributed by atoms with Crippen molar-refractivity contribution in [2.45, 2.75) is 18.2 Å². The standard InChI is InChI=1S/C12H16N4O3S2/c1-12(11(14)17)4-5-16(7-12)21(18,19)8-2-3-9(10(13)20)15-6-8/h2-3,6H,4-5,7H2,1H3,(H2,13,20)(H2,14,17). The van der Waals surface area contributed by atoms with Gasteiger partial charge in [-0.15, -0.1) is 0 Å². The lowest BCUT2D eigenvalue weighted by Gasteiger charge is -2.20. The van der Waals surface area contributed by atoms with E-state index in [0.29, 0.717) is 12.1 Å². The highest BCUT2D eigenvalue weighted by Crippen LogP contribution is 2.33. The molecule has 1 fully saturated rings. The van der Waals surface area contributed by atoms with Crippen molar-refractivity contribution in [1.29, 1.82) is 0 Å². The third kappa shape index (κ3) is 2.89. The third-order valence-electron chi connectivity index (χ3n) is 3.66. The maximum absolute atomic E-state index is 12.5. The second-order valence-corrected chi connectivity index (χ2v) is 7.63. The van der Waals surface area contributed by atoms with Crippen LogP contribution >= 0.6 is 12.2 Å². The van der Waals surface area contributed by atoms with Gasteiger partial charge in [0.05, 0.1) is 11.1 Å². The van der Waals surface area contributed by atoms with Gasteiger partial charge in [-0.3, -0.25) is 9.78 Å². The summed E-state index contributed by atoms with van der Waals surface area (Å²) in [5, 5.41) is 0. The summed E-state index contributed by atoms with van der Waals surface area (Å²) in [5.74, 6) is -0.498. The van der Waals surface area contributed by atoms with E-state index in [9.17, 15) is 13.2 Å². The van der Waals surface area contributed by atoms with Crippen LogP contribution in [0.5, 0.6) is 0 Å². The molecule has 1 saturated heterocycles. The van der Waals surface area contributed by atoms with Gasteiger partial charge in [0, 0.05) is 19.3 Å². The number of pyridine rings is 1. The zero-order chi connectivity index (χ0) is 15.8. The Bertz CT molecular complexity index is 687. The molecule has 1 aliphatic heterocycles. The van der Waals surface area contributed by atoms with Gasteiger partial charge >= 0.3 is 0 Å². The predicted octanol–water partition coefficient (Wildman–Crippen LogP) is -0.398. The van der Waals surface area contributed by atoms with Gasteiger partial charge in [-0.25, -0.2) is 8.42 Å². The molecule has 7 nitrogen and oxygen atoms in total. The quantitative estimate of drug-likeness (QED) is 0.726. The topological polar surface area (TPSA) is 119 Å². The van der Waals surface area contributed by atoms with E-state index in [1.807, 2.05) is 0 Å². The zero-order valence-corrected chi connectivity index (χ0v) is 13.1. The first-order valence-electron chi connectivity index (χ1n) is 6.23. The number of nitrogens with two attached hydrogens (primary N) is 2. The second-order valence-electron chi connectivity index (χ2n) is 5.26. The number of amides is 1. The summed E-state index contributed by atoms with van der Waals surface area (Å²) in [6.07, 6.45) is 1.61. The molecule has 2 heterocycles. The van der Waals surface area contributed by atoms with Crippen LogP contribution < -0.4 is 11.5 Å². The number of hydrogen-bond donors (Lipinski definition) is 2. The largest absolute Gasteiger partial charge is 0.388 e. The minimum atomic E-state index is -3.71. The molecule has 9 heteroatoms. The highest BCUT2D eigenvalue weighted by molar-refractivity contribution is 7.89. The van der Waals surface area contributed by atoms with Crippen molar-refractivity contribution in [3.63, 3.8) is 0 Å². The molecule has 0 aromatic carbocycles. The van der Waals surface area contributed by atoms with Crippen LogP contribution in [0.4, 0.5) is 0 Å². The first kappa shape index (κ1) is 15.8. The van der Waals surface area contributed by atoms with E-state index in [1.54, 1.807) is 6.92 Å². The number of hydrogen-bond acceptors (Lipinski definition) is 5. The first-order valence-corrected chi connectivity index (χ1v) is 8.07. The van der Waals surface area contributed by atoms with Crippen molar-refractivity contribution < 1.29 is 13.2 Å². The monoisotopic (exact) mass is 328 g/mol. The summed E-state index contributed by atoms with van der Waals surface area (Å²) in [5.41, 5.74) is 10.3. The number of sulfonamides is 1. The molecule has 1 aromatic rings. The minimum Gasteiger partial charge on any atom is -0.388 e. The SMILES string of the molecule is CC1(C(N)=O)CCN(S(=O)(=O)c2ccc(C(N)=S)nc2)C1. The van der Waals surface area contributed by atoms with Crippen molar-refractivity contribution in [3.8, 4) is 0 Å². The second kappa shape index (κ2) is 5.32. The Morgan fingerprint density at radius 1 is 1.43 bits per heavy atom. The van der Waals surface area contributed by atoms with E-state index in [1.165, 1.54) is 22.6 Å². The van der Waals surface area contributed by atoms with E-state index in [2.05, 4.69) is 4.98 Å². The van der Waals surface area contributed by atoms with Gasteiger partial charge in [0.25, 0.3) is 0 Å². The summed E-state index contributed by atoms with van der Waals surface area (Å²) in [6, 6.07) is 2.86. The van der Waals surface area contributed by atoms with Crippen LogP contribution in [0, 0.1) is 5.41 Å². The van der Waals surface area contributed by atoms with E-state index in [4.69, 9.17) is 23.7 Å². The number of rotatable bonds is 4. The lowest BCUT2D eigenvalue weighted by molar-refractivity contribution is -0.126. The lowest BCUT2D eigenvalue weighted by atomic mass is 9.89. The number of thiocarbonyl (C=S) groups is 1. The zero-order valence-electron chi connectivity index (χ0n) is 11.4. The summed E-state index contributed by atoms with van der Waals surface area (Å²) >= 11 is 4.77. The van der Waals surface area contributed by atoms with Gasteiger partial charge in [0.15, 0.2) is 0 Å². The highest BCUT2D eigenvalue weighted by Gasteiger charge is 2.43. The van der Waals surface area contributed by atoms with E-state index < -0.39 is 21.3 Å². The molecule has 1 atom stereocenters.